The van der Waals surface area contributed by atoms with Gasteiger partial charge in [-0.15, -0.1) is 0 Å². The molecule has 6 nitrogen and oxygen atoms in total. The van der Waals surface area contributed by atoms with Gasteiger partial charge in [0, 0.05) is 18.5 Å². The van der Waals surface area contributed by atoms with Crippen molar-refractivity contribution in [2.45, 2.75) is 19.3 Å². The van der Waals surface area contributed by atoms with Crippen molar-refractivity contribution in [2.24, 2.45) is 5.92 Å². The minimum atomic E-state index is -0.579. The molecule has 0 radical (unpaired) electrons. The summed E-state index contributed by atoms with van der Waals surface area (Å²) in [5, 5.41) is 7.51. The van der Waals surface area contributed by atoms with Crippen molar-refractivity contribution in [1.29, 1.82) is 0 Å². The molecule has 0 unspecified atom stereocenters. The summed E-state index contributed by atoms with van der Waals surface area (Å²) in [5.74, 6) is -0.138. The monoisotopic (exact) mass is 377 g/mol. The fourth-order valence-corrected chi connectivity index (χ4v) is 3.74. The number of amides is 1. The van der Waals surface area contributed by atoms with Crippen LogP contribution in [0.15, 0.2) is 54.6 Å². The van der Waals surface area contributed by atoms with Gasteiger partial charge in [-0.3, -0.25) is 9.89 Å². The third-order valence-corrected chi connectivity index (χ3v) is 5.32. The Labute approximate surface area is 163 Å². The molecule has 4 rings (SSSR count). The number of nitrogens with zero attached hydrogens (tertiary/aromatic N) is 2. The predicted molar refractivity (Wildman–Crippen MR) is 106 cm³/mol. The number of aromatic amines is 1. The minimum Gasteiger partial charge on any atom is -0.451 e. The zero-order valence-corrected chi connectivity index (χ0v) is 15.6. The number of piperidine rings is 1. The first-order valence-corrected chi connectivity index (χ1v) is 9.62. The Morgan fingerprint density at radius 1 is 1.04 bits per heavy atom. The van der Waals surface area contributed by atoms with E-state index in [9.17, 15) is 9.59 Å². The highest BCUT2D eigenvalue weighted by atomic mass is 16.5. The SMILES string of the molecule is O=C(OCC(=O)N1CCC(Cc2ccccc2)CC1)c1n[nH]c2ccccc12. The Hall–Kier alpha value is -3.15. The number of nitrogens with one attached hydrogen (secondary N) is 1. The minimum absolute atomic E-state index is 0.147. The maximum atomic E-state index is 12.4. The van der Waals surface area contributed by atoms with Gasteiger partial charge in [0.25, 0.3) is 5.91 Å². The largest absolute Gasteiger partial charge is 0.451 e. The third kappa shape index (κ3) is 4.06. The first-order valence-electron chi connectivity index (χ1n) is 9.62. The van der Waals surface area contributed by atoms with Crippen LogP contribution in [-0.2, 0) is 16.0 Å². The van der Waals surface area contributed by atoms with Gasteiger partial charge in [0.05, 0.1) is 5.52 Å². The highest BCUT2D eigenvalue weighted by molar-refractivity contribution is 6.02. The van der Waals surface area contributed by atoms with Crippen molar-refractivity contribution < 1.29 is 14.3 Å². The highest BCUT2D eigenvalue weighted by Gasteiger charge is 2.24. The number of ether oxygens (including phenoxy) is 1. The van der Waals surface area contributed by atoms with Gasteiger partial charge in [0.1, 0.15) is 0 Å². The quantitative estimate of drug-likeness (QED) is 0.693. The smallest absolute Gasteiger partial charge is 0.359 e. The molecule has 0 spiro atoms. The Morgan fingerprint density at radius 3 is 2.54 bits per heavy atom. The molecule has 1 N–H and O–H groups in total. The molecule has 1 amide bonds. The fraction of sp³-hybridized carbons (Fsp3) is 0.318. The molecular weight excluding hydrogens is 354 g/mol. The van der Waals surface area contributed by atoms with E-state index < -0.39 is 5.97 Å². The third-order valence-electron chi connectivity index (χ3n) is 5.32. The van der Waals surface area contributed by atoms with Crippen LogP contribution in [0.25, 0.3) is 10.9 Å². The number of fused-ring (bicyclic) bond motifs is 1. The topological polar surface area (TPSA) is 75.3 Å². The van der Waals surface area contributed by atoms with Gasteiger partial charge in [-0.05, 0) is 36.8 Å². The van der Waals surface area contributed by atoms with Gasteiger partial charge < -0.3 is 9.64 Å². The Morgan fingerprint density at radius 2 is 1.75 bits per heavy atom. The molecule has 1 aliphatic heterocycles. The number of benzene rings is 2. The molecule has 0 bridgehead atoms. The normalized spacial score (nSPS) is 14.9. The van der Waals surface area contributed by atoms with Crippen LogP contribution in [-0.4, -0.2) is 46.7 Å². The molecule has 1 aromatic heterocycles. The second-order valence-corrected chi connectivity index (χ2v) is 7.21. The zero-order chi connectivity index (χ0) is 19.3. The molecular formula is C22H23N3O3. The van der Waals surface area contributed by atoms with Crippen LogP contribution in [0.5, 0.6) is 0 Å². The van der Waals surface area contributed by atoms with Gasteiger partial charge >= 0.3 is 5.97 Å². The van der Waals surface area contributed by atoms with Crippen LogP contribution >= 0.6 is 0 Å². The lowest BCUT2D eigenvalue weighted by Crippen LogP contribution is -2.41. The standard InChI is InChI=1S/C22H23N3O3/c26-20(15-28-22(27)21-18-8-4-5-9-19(18)23-24-21)25-12-10-17(11-13-25)14-16-6-2-1-3-7-16/h1-9,17H,10-15H2,(H,23,24). The Kier molecular flexibility index (Phi) is 5.37. The van der Waals surface area contributed by atoms with Gasteiger partial charge in [0.2, 0.25) is 0 Å². The number of carbonyl (C=O) groups excluding carboxylic acids is 2. The Balaban J connectivity index is 1.26. The van der Waals surface area contributed by atoms with Crippen LogP contribution < -0.4 is 0 Å². The maximum absolute atomic E-state index is 12.4. The fourth-order valence-electron chi connectivity index (χ4n) is 3.74. The van der Waals surface area contributed by atoms with Crippen molar-refractivity contribution in [1.82, 2.24) is 15.1 Å². The molecule has 2 heterocycles. The lowest BCUT2D eigenvalue weighted by Gasteiger charge is -2.32. The van der Waals surface area contributed by atoms with Crippen LogP contribution in [0.4, 0.5) is 0 Å². The van der Waals surface area contributed by atoms with Crippen LogP contribution in [0.2, 0.25) is 0 Å². The lowest BCUT2D eigenvalue weighted by atomic mass is 9.90. The number of hydrogen-bond acceptors (Lipinski definition) is 4. The average molecular weight is 377 g/mol. The van der Waals surface area contributed by atoms with E-state index >= 15 is 0 Å². The van der Waals surface area contributed by atoms with E-state index in [1.165, 1.54) is 5.56 Å². The van der Waals surface area contributed by atoms with Crippen molar-refractivity contribution in [3.63, 3.8) is 0 Å². The molecule has 0 aliphatic carbocycles. The number of hydrogen-bond donors (Lipinski definition) is 1. The van der Waals surface area contributed by atoms with Crippen molar-refractivity contribution in [3.8, 4) is 0 Å². The van der Waals surface area contributed by atoms with Crippen molar-refractivity contribution in [3.05, 3.63) is 65.9 Å². The molecule has 0 saturated carbocycles. The second kappa shape index (κ2) is 8.25. The molecule has 2 aromatic carbocycles. The summed E-state index contributed by atoms with van der Waals surface area (Å²) >= 11 is 0. The average Bonchev–Trinajstić information content (AvgIpc) is 3.17. The van der Waals surface area contributed by atoms with Gasteiger partial charge in [-0.25, -0.2) is 4.79 Å². The number of aromatic nitrogens is 2. The molecule has 6 heteroatoms. The lowest BCUT2D eigenvalue weighted by molar-refractivity contribution is -0.135. The van der Waals surface area contributed by atoms with Crippen LogP contribution in [0.3, 0.4) is 0 Å². The number of H-pyrrole nitrogens is 1. The first kappa shape index (κ1) is 18.2. The molecule has 144 valence electrons. The maximum Gasteiger partial charge on any atom is 0.359 e. The van der Waals surface area contributed by atoms with Crippen molar-refractivity contribution >= 4 is 22.8 Å². The van der Waals surface area contributed by atoms with E-state index in [4.69, 9.17) is 4.74 Å². The van der Waals surface area contributed by atoms with E-state index in [0.29, 0.717) is 24.4 Å². The number of rotatable bonds is 5. The number of para-hydroxylation sites is 1. The molecule has 28 heavy (non-hydrogen) atoms. The summed E-state index contributed by atoms with van der Waals surface area (Å²) in [7, 11) is 0. The molecule has 0 atom stereocenters. The molecule has 3 aromatic rings. The van der Waals surface area contributed by atoms with E-state index in [-0.39, 0.29) is 18.2 Å². The predicted octanol–water partition coefficient (Wildman–Crippen LogP) is 3.20. The van der Waals surface area contributed by atoms with Crippen LogP contribution in [0, 0.1) is 5.92 Å². The first-order chi connectivity index (χ1) is 13.7. The highest BCUT2D eigenvalue weighted by Crippen LogP contribution is 2.22. The summed E-state index contributed by atoms with van der Waals surface area (Å²) in [5.41, 5.74) is 2.32. The summed E-state index contributed by atoms with van der Waals surface area (Å²) in [4.78, 5) is 26.5. The summed E-state index contributed by atoms with van der Waals surface area (Å²) in [6.45, 7) is 1.17. The summed E-state index contributed by atoms with van der Waals surface area (Å²) in [6, 6.07) is 17.8. The van der Waals surface area contributed by atoms with E-state index in [0.717, 1.165) is 24.8 Å². The number of esters is 1. The van der Waals surface area contributed by atoms with E-state index in [1.807, 2.05) is 24.3 Å². The van der Waals surface area contributed by atoms with Gasteiger partial charge in [0.15, 0.2) is 12.3 Å². The molecule has 1 fully saturated rings. The van der Waals surface area contributed by atoms with Crippen molar-refractivity contribution in [2.75, 3.05) is 19.7 Å². The number of likely N-dealkylation sites (tertiary alicyclic amines) is 1. The van der Waals surface area contributed by atoms with Crippen LogP contribution in [0.1, 0.15) is 28.9 Å². The summed E-state index contributed by atoms with van der Waals surface area (Å²) < 4.78 is 5.22. The summed E-state index contributed by atoms with van der Waals surface area (Å²) in [6.07, 6.45) is 2.99. The Bertz CT molecular complexity index is 959. The second-order valence-electron chi connectivity index (χ2n) is 7.21. The van der Waals surface area contributed by atoms with E-state index in [2.05, 4.69) is 34.5 Å². The zero-order valence-electron chi connectivity index (χ0n) is 15.6. The van der Waals surface area contributed by atoms with Gasteiger partial charge in [-0.1, -0.05) is 48.5 Å². The molecule has 1 saturated heterocycles. The van der Waals surface area contributed by atoms with E-state index in [1.54, 1.807) is 11.0 Å². The number of carbonyl (C=O) groups is 2. The van der Waals surface area contributed by atoms with Gasteiger partial charge in [-0.2, -0.15) is 5.10 Å². The molecule has 1 aliphatic rings.